The van der Waals surface area contributed by atoms with Gasteiger partial charge in [-0.3, -0.25) is 14.2 Å². The predicted molar refractivity (Wildman–Crippen MR) is 127 cm³/mol. The van der Waals surface area contributed by atoms with Crippen LogP contribution in [0.2, 0.25) is 0 Å². The van der Waals surface area contributed by atoms with Crippen LogP contribution in [0.25, 0.3) is 21.3 Å². The molecule has 0 saturated carbocycles. The number of methoxy groups -OCH3 is 1. The first-order valence-corrected chi connectivity index (χ1v) is 11.0. The normalized spacial score (nSPS) is 10.5. The molecule has 0 amide bonds. The fourth-order valence-corrected chi connectivity index (χ4v) is 4.44. The molecule has 4 aromatic rings. The van der Waals surface area contributed by atoms with Gasteiger partial charge in [-0.1, -0.05) is 55.8 Å². The highest BCUT2D eigenvalue weighted by Gasteiger charge is 2.18. The highest BCUT2D eigenvalue weighted by atomic mass is 32.1. The molecule has 0 fully saturated rings. The van der Waals surface area contributed by atoms with E-state index < -0.39 is 0 Å². The van der Waals surface area contributed by atoms with Gasteiger partial charge >= 0.3 is 0 Å². The summed E-state index contributed by atoms with van der Waals surface area (Å²) in [5.74, 6) is 0.433. The van der Waals surface area contributed by atoms with E-state index in [4.69, 9.17) is 4.74 Å². The standard InChI is InChI=1S/C23H20N2O3S.C2H6/c1-14-6-4-8-17(10-14)20-15(2)29-22-21(20)23(27)25(13-24-22)12-19(26)16-7-5-9-18(11-16)28-3;1-2/h4-11,13H,12H2,1-3H3;1-2H3. The van der Waals surface area contributed by atoms with E-state index in [1.54, 1.807) is 31.4 Å². The molecule has 0 radical (unpaired) electrons. The van der Waals surface area contributed by atoms with Crippen LogP contribution < -0.4 is 10.3 Å². The van der Waals surface area contributed by atoms with Gasteiger partial charge in [-0.15, -0.1) is 11.3 Å². The number of rotatable bonds is 5. The molecule has 2 heterocycles. The minimum atomic E-state index is -0.202. The summed E-state index contributed by atoms with van der Waals surface area (Å²) < 4.78 is 6.57. The summed E-state index contributed by atoms with van der Waals surface area (Å²) in [6.07, 6.45) is 1.46. The van der Waals surface area contributed by atoms with Gasteiger partial charge in [-0.05, 0) is 31.5 Å². The SMILES string of the molecule is CC.COc1cccc(C(=O)Cn2cnc3sc(C)c(-c4cccc(C)c4)c3c2=O)c1. The average Bonchev–Trinajstić information content (AvgIpc) is 3.13. The highest BCUT2D eigenvalue weighted by molar-refractivity contribution is 7.19. The third kappa shape index (κ3) is 4.59. The van der Waals surface area contributed by atoms with Crippen LogP contribution in [0, 0.1) is 13.8 Å². The van der Waals surface area contributed by atoms with E-state index in [0.717, 1.165) is 21.6 Å². The number of aryl methyl sites for hydroxylation is 2. The number of thiophene rings is 1. The van der Waals surface area contributed by atoms with Crippen LogP contribution in [0.4, 0.5) is 0 Å². The second-order valence-electron chi connectivity index (χ2n) is 6.92. The Morgan fingerprint density at radius 2 is 1.84 bits per heavy atom. The Morgan fingerprint density at radius 1 is 1.10 bits per heavy atom. The van der Waals surface area contributed by atoms with Crippen molar-refractivity contribution in [3.05, 3.63) is 81.2 Å². The average molecular weight is 435 g/mol. The minimum absolute atomic E-state index is 0.0723. The highest BCUT2D eigenvalue weighted by Crippen LogP contribution is 2.35. The Bertz CT molecular complexity index is 1290. The zero-order valence-electron chi connectivity index (χ0n) is 18.4. The van der Waals surface area contributed by atoms with Crippen molar-refractivity contribution in [1.29, 1.82) is 0 Å². The quantitative estimate of drug-likeness (QED) is 0.380. The molecule has 0 aliphatic rings. The fourth-order valence-electron chi connectivity index (χ4n) is 3.44. The van der Waals surface area contributed by atoms with Gasteiger partial charge in [0.05, 0.1) is 25.4 Å². The van der Waals surface area contributed by atoms with Crippen LogP contribution in [-0.4, -0.2) is 22.4 Å². The molecule has 0 N–H and O–H groups in total. The van der Waals surface area contributed by atoms with Crippen LogP contribution in [0.5, 0.6) is 5.75 Å². The molecule has 4 rings (SSSR count). The molecule has 2 aromatic heterocycles. The summed E-state index contributed by atoms with van der Waals surface area (Å²) in [5, 5.41) is 0.569. The van der Waals surface area contributed by atoms with Crippen LogP contribution in [0.15, 0.2) is 59.7 Å². The smallest absolute Gasteiger partial charge is 0.263 e. The first-order chi connectivity index (χ1) is 15.0. The van der Waals surface area contributed by atoms with Crippen molar-refractivity contribution in [1.82, 2.24) is 9.55 Å². The van der Waals surface area contributed by atoms with Crippen molar-refractivity contribution in [2.24, 2.45) is 0 Å². The molecule has 31 heavy (non-hydrogen) atoms. The number of ketones is 1. The van der Waals surface area contributed by atoms with Crippen LogP contribution in [0.1, 0.15) is 34.6 Å². The molecule has 0 bridgehead atoms. The summed E-state index contributed by atoms with van der Waals surface area (Å²) in [7, 11) is 1.55. The first-order valence-electron chi connectivity index (χ1n) is 10.2. The van der Waals surface area contributed by atoms with Crippen molar-refractivity contribution < 1.29 is 9.53 Å². The van der Waals surface area contributed by atoms with Gasteiger partial charge < -0.3 is 4.74 Å². The Hall–Kier alpha value is -3.25. The van der Waals surface area contributed by atoms with E-state index in [1.165, 1.54) is 22.2 Å². The van der Waals surface area contributed by atoms with Crippen molar-refractivity contribution in [3.63, 3.8) is 0 Å². The molecule has 160 valence electrons. The lowest BCUT2D eigenvalue weighted by atomic mass is 10.0. The zero-order chi connectivity index (χ0) is 22.5. The number of benzene rings is 2. The van der Waals surface area contributed by atoms with E-state index >= 15 is 0 Å². The van der Waals surface area contributed by atoms with Gasteiger partial charge in [0.2, 0.25) is 0 Å². The van der Waals surface area contributed by atoms with Gasteiger partial charge in [0.15, 0.2) is 5.78 Å². The number of hydrogen-bond acceptors (Lipinski definition) is 5. The number of fused-ring (bicyclic) bond motifs is 1. The first kappa shape index (κ1) is 22.4. The molecule has 6 heteroatoms. The molecule has 0 aliphatic heterocycles. The molecule has 0 spiro atoms. The maximum Gasteiger partial charge on any atom is 0.263 e. The second kappa shape index (κ2) is 9.71. The Labute approximate surface area is 186 Å². The number of carbonyl (C=O) groups excluding carboxylic acids is 1. The molecule has 5 nitrogen and oxygen atoms in total. The molecule has 0 aliphatic carbocycles. The molecule has 0 unspecified atom stereocenters. The lowest BCUT2D eigenvalue weighted by molar-refractivity contribution is 0.0970. The summed E-state index contributed by atoms with van der Waals surface area (Å²) in [5.41, 5.74) is 3.31. The van der Waals surface area contributed by atoms with Gasteiger partial charge in [-0.2, -0.15) is 0 Å². The molecular formula is C25H26N2O3S. The van der Waals surface area contributed by atoms with Crippen molar-refractivity contribution in [3.8, 4) is 16.9 Å². The van der Waals surface area contributed by atoms with Gasteiger partial charge in [0.25, 0.3) is 5.56 Å². The number of aromatic nitrogens is 2. The van der Waals surface area contributed by atoms with Crippen molar-refractivity contribution in [2.75, 3.05) is 7.11 Å². The third-order valence-corrected chi connectivity index (χ3v) is 5.88. The Morgan fingerprint density at radius 3 is 2.55 bits per heavy atom. The summed E-state index contributed by atoms with van der Waals surface area (Å²) >= 11 is 1.50. The van der Waals surface area contributed by atoms with Crippen LogP contribution in [-0.2, 0) is 6.54 Å². The van der Waals surface area contributed by atoms with E-state index in [-0.39, 0.29) is 17.9 Å². The number of nitrogens with zero attached hydrogens (tertiary/aromatic N) is 2. The number of carbonyl (C=O) groups is 1. The van der Waals surface area contributed by atoms with Gasteiger partial charge in [0.1, 0.15) is 10.6 Å². The zero-order valence-corrected chi connectivity index (χ0v) is 19.2. The van der Waals surface area contributed by atoms with Gasteiger partial charge in [-0.25, -0.2) is 4.98 Å². The maximum atomic E-state index is 13.3. The predicted octanol–water partition coefficient (Wildman–Crippen LogP) is 5.66. The molecular weight excluding hydrogens is 408 g/mol. The number of ether oxygens (including phenoxy) is 1. The van der Waals surface area contributed by atoms with Gasteiger partial charge in [0, 0.05) is 16.0 Å². The summed E-state index contributed by atoms with van der Waals surface area (Å²) in [6, 6.07) is 15.0. The van der Waals surface area contributed by atoms with E-state index in [2.05, 4.69) is 11.1 Å². The monoisotopic (exact) mass is 434 g/mol. The summed E-state index contributed by atoms with van der Waals surface area (Å²) in [6.45, 7) is 7.95. The second-order valence-corrected chi connectivity index (χ2v) is 8.12. The largest absolute Gasteiger partial charge is 0.497 e. The summed E-state index contributed by atoms with van der Waals surface area (Å²) in [4.78, 5) is 32.2. The van der Waals surface area contributed by atoms with Crippen molar-refractivity contribution in [2.45, 2.75) is 34.2 Å². The Balaban J connectivity index is 0.00000132. The fraction of sp³-hybridized carbons (Fsp3) is 0.240. The maximum absolute atomic E-state index is 13.3. The van der Waals surface area contributed by atoms with Crippen LogP contribution in [0.3, 0.4) is 0 Å². The number of hydrogen-bond donors (Lipinski definition) is 0. The van der Waals surface area contributed by atoms with E-state index in [0.29, 0.717) is 21.5 Å². The lowest BCUT2D eigenvalue weighted by Crippen LogP contribution is -2.24. The lowest BCUT2D eigenvalue weighted by Gasteiger charge is -2.08. The molecule has 2 aromatic carbocycles. The van der Waals surface area contributed by atoms with Crippen molar-refractivity contribution >= 4 is 27.3 Å². The topological polar surface area (TPSA) is 61.2 Å². The molecule has 0 atom stereocenters. The van der Waals surface area contributed by atoms with E-state index in [1.807, 2.05) is 45.9 Å². The Kier molecular flexibility index (Phi) is 7.02. The third-order valence-electron chi connectivity index (χ3n) is 4.87. The minimum Gasteiger partial charge on any atom is -0.497 e. The van der Waals surface area contributed by atoms with E-state index in [9.17, 15) is 9.59 Å². The number of Topliss-reactive ketones (excluding diaryl/α,β-unsaturated/α-hetero) is 1. The molecule has 0 saturated heterocycles. The van der Waals surface area contributed by atoms with Crippen LogP contribution >= 0.6 is 11.3 Å².